The minimum atomic E-state index is -2.55. The molecule has 7 heteroatoms. The average Bonchev–Trinajstić information content (AvgIpc) is 3.09. The van der Waals surface area contributed by atoms with Crippen molar-refractivity contribution >= 4 is 5.95 Å². The van der Waals surface area contributed by atoms with E-state index in [2.05, 4.69) is 9.97 Å². The molecular formula is C10H13F2N3O2. The molecule has 5 nitrogen and oxygen atoms in total. The number of nitrogen functional groups attached to an aromatic ring is 1. The first kappa shape index (κ1) is 11.8. The average molecular weight is 245 g/mol. The van der Waals surface area contributed by atoms with Crippen molar-refractivity contribution in [2.45, 2.75) is 25.2 Å². The van der Waals surface area contributed by atoms with Gasteiger partial charge in [-0.1, -0.05) is 0 Å². The van der Waals surface area contributed by atoms with Crippen LogP contribution in [0.2, 0.25) is 0 Å². The van der Waals surface area contributed by atoms with Crippen molar-refractivity contribution in [3.63, 3.8) is 0 Å². The second kappa shape index (κ2) is 4.68. The number of anilines is 1. The summed E-state index contributed by atoms with van der Waals surface area (Å²) >= 11 is 0. The first-order valence-electron chi connectivity index (χ1n) is 5.24. The van der Waals surface area contributed by atoms with Crippen LogP contribution < -0.4 is 15.2 Å². The number of rotatable bonds is 5. The zero-order chi connectivity index (χ0) is 12.4. The standard InChI is InChI=1S/C10H13F2N3O2/c1-16-9-8(17-4-6(11)12)7(5-2-3-5)14-10(13)15-9/h5-6H,2-4H2,1H3,(H2,13,14,15). The molecule has 0 atom stereocenters. The third-order valence-electron chi connectivity index (χ3n) is 2.39. The lowest BCUT2D eigenvalue weighted by molar-refractivity contribution is 0.0793. The highest BCUT2D eigenvalue weighted by Gasteiger charge is 2.31. The van der Waals surface area contributed by atoms with Gasteiger partial charge in [-0.15, -0.1) is 0 Å². The Kier molecular flexibility index (Phi) is 3.26. The van der Waals surface area contributed by atoms with Crippen LogP contribution in [0.3, 0.4) is 0 Å². The van der Waals surface area contributed by atoms with Gasteiger partial charge in [0.1, 0.15) is 6.61 Å². The fourth-order valence-corrected chi connectivity index (χ4v) is 1.52. The van der Waals surface area contributed by atoms with Gasteiger partial charge in [0.15, 0.2) is 0 Å². The van der Waals surface area contributed by atoms with Crippen LogP contribution >= 0.6 is 0 Å². The molecule has 1 heterocycles. The van der Waals surface area contributed by atoms with E-state index in [9.17, 15) is 8.78 Å². The van der Waals surface area contributed by atoms with Gasteiger partial charge in [0.2, 0.25) is 11.7 Å². The summed E-state index contributed by atoms with van der Waals surface area (Å²) in [5, 5.41) is 0. The van der Waals surface area contributed by atoms with Crippen molar-refractivity contribution in [2.75, 3.05) is 19.5 Å². The Hall–Kier alpha value is -1.66. The Bertz CT molecular complexity index is 411. The third kappa shape index (κ3) is 2.72. The van der Waals surface area contributed by atoms with Crippen LogP contribution in [0.5, 0.6) is 11.6 Å². The predicted octanol–water partition coefficient (Wildman–Crippen LogP) is 1.59. The number of nitrogens with zero attached hydrogens (tertiary/aromatic N) is 2. The summed E-state index contributed by atoms with van der Waals surface area (Å²) < 4.78 is 34.3. The number of alkyl halides is 2. The zero-order valence-electron chi connectivity index (χ0n) is 9.32. The smallest absolute Gasteiger partial charge is 0.272 e. The van der Waals surface area contributed by atoms with Gasteiger partial charge in [-0.3, -0.25) is 0 Å². The fourth-order valence-electron chi connectivity index (χ4n) is 1.52. The summed E-state index contributed by atoms with van der Waals surface area (Å²) in [6.07, 6.45) is -0.653. The highest BCUT2D eigenvalue weighted by molar-refractivity contribution is 5.45. The Balaban J connectivity index is 2.30. The molecule has 1 aliphatic rings. The van der Waals surface area contributed by atoms with Gasteiger partial charge in [0, 0.05) is 5.92 Å². The number of methoxy groups -OCH3 is 1. The van der Waals surface area contributed by atoms with E-state index in [1.54, 1.807) is 0 Å². The van der Waals surface area contributed by atoms with E-state index in [-0.39, 0.29) is 23.5 Å². The van der Waals surface area contributed by atoms with Gasteiger partial charge in [0.25, 0.3) is 12.3 Å². The lowest BCUT2D eigenvalue weighted by atomic mass is 10.2. The van der Waals surface area contributed by atoms with E-state index in [0.29, 0.717) is 5.69 Å². The zero-order valence-corrected chi connectivity index (χ0v) is 9.32. The van der Waals surface area contributed by atoms with Gasteiger partial charge in [-0.2, -0.15) is 4.98 Å². The summed E-state index contributed by atoms with van der Waals surface area (Å²) in [7, 11) is 1.38. The summed E-state index contributed by atoms with van der Waals surface area (Å²) in [5.74, 6) is 0.569. The number of nitrogens with two attached hydrogens (primary N) is 1. The summed E-state index contributed by atoms with van der Waals surface area (Å²) in [6, 6.07) is 0. The van der Waals surface area contributed by atoms with E-state index in [1.807, 2.05) is 0 Å². The molecule has 1 saturated carbocycles. The molecular weight excluding hydrogens is 232 g/mol. The van der Waals surface area contributed by atoms with Crippen LogP contribution in [0.4, 0.5) is 14.7 Å². The maximum Gasteiger partial charge on any atom is 0.272 e. The maximum atomic E-state index is 12.2. The molecule has 2 N–H and O–H groups in total. The van der Waals surface area contributed by atoms with Gasteiger partial charge >= 0.3 is 0 Å². The molecule has 0 unspecified atom stereocenters. The normalized spacial score (nSPS) is 15.1. The van der Waals surface area contributed by atoms with Crippen LogP contribution in [-0.4, -0.2) is 30.1 Å². The van der Waals surface area contributed by atoms with E-state index in [0.717, 1.165) is 12.8 Å². The summed E-state index contributed by atoms with van der Waals surface area (Å²) in [6.45, 7) is -0.705. The number of ether oxygens (including phenoxy) is 2. The Labute approximate surface area is 97.0 Å². The number of aromatic nitrogens is 2. The lowest BCUT2D eigenvalue weighted by Crippen LogP contribution is -2.12. The highest BCUT2D eigenvalue weighted by atomic mass is 19.3. The van der Waals surface area contributed by atoms with Gasteiger partial charge in [-0.25, -0.2) is 13.8 Å². The molecule has 94 valence electrons. The van der Waals surface area contributed by atoms with Gasteiger partial charge < -0.3 is 15.2 Å². The number of hydrogen-bond donors (Lipinski definition) is 1. The number of hydrogen-bond acceptors (Lipinski definition) is 5. The van der Waals surface area contributed by atoms with E-state index in [4.69, 9.17) is 15.2 Å². The van der Waals surface area contributed by atoms with Crippen molar-refractivity contribution in [1.29, 1.82) is 0 Å². The molecule has 0 radical (unpaired) electrons. The van der Waals surface area contributed by atoms with Crippen LogP contribution in [-0.2, 0) is 0 Å². The van der Waals surface area contributed by atoms with Gasteiger partial charge in [0.05, 0.1) is 12.8 Å². The monoisotopic (exact) mass is 245 g/mol. The quantitative estimate of drug-likeness (QED) is 0.853. The molecule has 0 aromatic carbocycles. The number of halogens is 2. The second-order valence-corrected chi connectivity index (χ2v) is 3.78. The molecule has 2 rings (SSSR count). The minimum Gasteiger partial charge on any atom is -0.480 e. The fraction of sp³-hybridized carbons (Fsp3) is 0.600. The topological polar surface area (TPSA) is 70.3 Å². The van der Waals surface area contributed by atoms with Crippen LogP contribution in [0.25, 0.3) is 0 Å². The molecule has 0 amide bonds. The first-order valence-corrected chi connectivity index (χ1v) is 5.24. The first-order chi connectivity index (χ1) is 8.11. The third-order valence-corrected chi connectivity index (χ3v) is 2.39. The molecule has 1 aromatic rings. The Morgan fingerprint density at radius 3 is 2.65 bits per heavy atom. The molecule has 1 aliphatic carbocycles. The lowest BCUT2D eigenvalue weighted by Gasteiger charge is -2.13. The van der Waals surface area contributed by atoms with Crippen molar-refractivity contribution in [3.8, 4) is 11.6 Å². The van der Waals surface area contributed by atoms with E-state index < -0.39 is 13.0 Å². The molecule has 0 bridgehead atoms. The molecule has 17 heavy (non-hydrogen) atoms. The maximum absolute atomic E-state index is 12.2. The van der Waals surface area contributed by atoms with Crippen LogP contribution in [0.15, 0.2) is 0 Å². The summed E-state index contributed by atoms with van der Waals surface area (Å²) in [5.41, 5.74) is 6.08. The van der Waals surface area contributed by atoms with Crippen molar-refractivity contribution in [3.05, 3.63) is 5.69 Å². The predicted molar refractivity (Wildman–Crippen MR) is 56.5 cm³/mol. The molecule has 1 aromatic heterocycles. The van der Waals surface area contributed by atoms with Crippen LogP contribution in [0, 0.1) is 0 Å². The van der Waals surface area contributed by atoms with E-state index >= 15 is 0 Å². The Morgan fingerprint density at radius 2 is 2.12 bits per heavy atom. The molecule has 0 spiro atoms. The van der Waals surface area contributed by atoms with Crippen molar-refractivity contribution in [1.82, 2.24) is 9.97 Å². The SMILES string of the molecule is COc1nc(N)nc(C2CC2)c1OCC(F)F. The molecule has 0 saturated heterocycles. The van der Waals surface area contributed by atoms with E-state index in [1.165, 1.54) is 7.11 Å². The van der Waals surface area contributed by atoms with Crippen molar-refractivity contribution < 1.29 is 18.3 Å². The minimum absolute atomic E-state index is 0.0631. The second-order valence-electron chi connectivity index (χ2n) is 3.78. The largest absolute Gasteiger partial charge is 0.480 e. The Morgan fingerprint density at radius 1 is 1.41 bits per heavy atom. The van der Waals surface area contributed by atoms with Crippen LogP contribution in [0.1, 0.15) is 24.5 Å². The molecule has 1 fully saturated rings. The van der Waals surface area contributed by atoms with Gasteiger partial charge in [-0.05, 0) is 12.8 Å². The summed E-state index contributed by atoms with van der Waals surface area (Å²) in [4.78, 5) is 7.85. The molecule has 0 aliphatic heterocycles. The van der Waals surface area contributed by atoms with Crippen molar-refractivity contribution in [2.24, 2.45) is 0 Å². The highest BCUT2D eigenvalue weighted by Crippen LogP contribution is 2.46.